The van der Waals surface area contributed by atoms with Crippen molar-refractivity contribution in [1.29, 1.82) is 0 Å². The standard InChI is InChI=1S/C15H21Br2NO2/c16-14-5-4-12(9-15(14)17)10-18-6-2-7-19-11-13-3-1-8-20-13/h4-5,9,13,18H,1-3,6-8,10-11H2. The molecule has 1 atom stereocenters. The van der Waals surface area contributed by atoms with Gasteiger partial charge >= 0.3 is 0 Å². The molecule has 0 spiro atoms. The number of hydrogen-bond acceptors (Lipinski definition) is 3. The molecular formula is C15H21Br2NO2. The maximum absolute atomic E-state index is 5.63. The van der Waals surface area contributed by atoms with E-state index in [0.717, 1.165) is 54.7 Å². The Kier molecular flexibility index (Phi) is 7.52. The van der Waals surface area contributed by atoms with Gasteiger partial charge in [0.25, 0.3) is 0 Å². The van der Waals surface area contributed by atoms with E-state index in [1.807, 2.05) is 0 Å². The van der Waals surface area contributed by atoms with E-state index in [1.165, 1.54) is 12.0 Å². The third kappa shape index (κ3) is 5.82. The number of nitrogens with one attached hydrogen (secondary N) is 1. The van der Waals surface area contributed by atoms with Gasteiger partial charge in [0.1, 0.15) is 0 Å². The number of ether oxygens (including phenoxy) is 2. The lowest BCUT2D eigenvalue weighted by atomic mass is 10.2. The topological polar surface area (TPSA) is 30.5 Å². The lowest BCUT2D eigenvalue weighted by Crippen LogP contribution is -2.19. The van der Waals surface area contributed by atoms with E-state index < -0.39 is 0 Å². The molecule has 0 radical (unpaired) electrons. The first-order valence-corrected chi connectivity index (χ1v) is 8.68. The van der Waals surface area contributed by atoms with Gasteiger partial charge in [0.15, 0.2) is 0 Å². The predicted molar refractivity (Wildman–Crippen MR) is 88.0 cm³/mol. The summed E-state index contributed by atoms with van der Waals surface area (Å²) >= 11 is 6.99. The number of halogens is 2. The van der Waals surface area contributed by atoms with Gasteiger partial charge in [0, 0.05) is 28.7 Å². The zero-order valence-corrected chi connectivity index (χ0v) is 14.7. The predicted octanol–water partition coefficient (Wildman–Crippen LogP) is 3.89. The zero-order chi connectivity index (χ0) is 14.2. The highest BCUT2D eigenvalue weighted by Gasteiger charge is 2.14. The molecule has 1 unspecified atom stereocenters. The fourth-order valence-corrected chi connectivity index (χ4v) is 2.84. The molecule has 0 amide bonds. The van der Waals surface area contributed by atoms with Crippen molar-refractivity contribution in [3.63, 3.8) is 0 Å². The maximum atomic E-state index is 5.63. The second kappa shape index (κ2) is 9.15. The van der Waals surface area contributed by atoms with Crippen molar-refractivity contribution in [2.75, 3.05) is 26.4 Å². The highest BCUT2D eigenvalue weighted by atomic mass is 79.9. The molecule has 0 aromatic heterocycles. The summed E-state index contributed by atoms with van der Waals surface area (Å²) in [5.74, 6) is 0. The van der Waals surface area contributed by atoms with Crippen LogP contribution >= 0.6 is 31.9 Å². The van der Waals surface area contributed by atoms with Gasteiger partial charge in [0.2, 0.25) is 0 Å². The van der Waals surface area contributed by atoms with Crippen LogP contribution in [0.1, 0.15) is 24.8 Å². The molecule has 1 aromatic carbocycles. The molecule has 1 heterocycles. The van der Waals surface area contributed by atoms with E-state index in [9.17, 15) is 0 Å². The Morgan fingerprint density at radius 2 is 2.20 bits per heavy atom. The van der Waals surface area contributed by atoms with Crippen LogP contribution in [0, 0.1) is 0 Å². The fraction of sp³-hybridized carbons (Fsp3) is 0.600. The van der Waals surface area contributed by atoms with Crippen LogP contribution in [0.25, 0.3) is 0 Å². The van der Waals surface area contributed by atoms with Crippen molar-refractivity contribution in [3.05, 3.63) is 32.7 Å². The van der Waals surface area contributed by atoms with Gasteiger partial charge in [-0.1, -0.05) is 6.07 Å². The molecule has 3 nitrogen and oxygen atoms in total. The van der Waals surface area contributed by atoms with E-state index in [-0.39, 0.29) is 0 Å². The first-order chi connectivity index (χ1) is 9.75. The summed E-state index contributed by atoms with van der Waals surface area (Å²) in [7, 11) is 0. The lowest BCUT2D eigenvalue weighted by molar-refractivity contribution is 0.0166. The molecular weight excluding hydrogens is 386 g/mol. The summed E-state index contributed by atoms with van der Waals surface area (Å²) < 4.78 is 13.3. The van der Waals surface area contributed by atoms with Crippen LogP contribution in [-0.2, 0) is 16.0 Å². The quantitative estimate of drug-likeness (QED) is 0.664. The highest BCUT2D eigenvalue weighted by Crippen LogP contribution is 2.23. The Labute approximate surface area is 137 Å². The first kappa shape index (κ1) is 16.4. The van der Waals surface area contributed by atoms with Gasteiger partial charge in [-0.25, -0.2) is 0 Å². The molecule has 1 aromatic rings. The molecule has 1 fully saturated rings. The Balaban J connectivity index is 1.49. The van der Waals surface area contributed by atoms with Gasteiger partial charge in [-0.05, 0) is 75.4 Å². The van der Waals surface area contributed by atoms with Crippen LogP contribution in [0.15, 0.2) is 27.1 Å². The van der Waals surface area contributed by atoms with Crippen molar-refractivity contribution in [3.8, 4) is 0 Å². The number of benzene rings is 1. The summed E-state index contributed by atoms with van der Waals surface area (Å²) in [6.07, 6.45) is 3.70. The van der Waals surface area contributed by atoms with E-state index in [1.54, 1.807) is 0 Å². The van der Waals surface area contributed by atoms with Crippen LogP contribution in [0.4, 0.5) is 0 Å². The van der Waals surface area contributed by atoms with Crippen molar-refractivity contribution in [2.45, 2.75) is 31.9 Å². The van der Waals surface area contributed by atoms with Crippen LogP contribution in [0.3, 0.4) is 0 Å². The van der Waals surface area contributed by atoms with Gasteiger partial charge in [-0.15, -0.1) is 0 Å². The third-order valence-electron chi connectivity index (χ3n) is 3.28. The molecule has 2 rings (SSSR count). The summed E-state index contributed by atoms with van der Waals surface area (Å²) in [6.45, 7) is 4.31. The Bertz CT molecular complexity index is 409. The third-order valence-corrected chi connectivity index (χ3v) is 5.16. The SMILES string of the molecule is Brc1ccc(CNCCCOCC2CCCO2)cc1Br. The molecule has 0 saturated carbocycles. The van der Waals surface area contributed by atoms with E-state index in [4.69, 9.17) is 9.47 Å². The van der Waals surface area contributed by atoms with Gasteiger partial charge < -0.3 is 14.8 Å². The Hall–Kier alpha value is 0.0600. The number of hydrogen-bond donors (Lipinski definition) is 1. The zero-order valence-electron chi connectivity index (χ0n) is 11.5. The van der Waals surface area contributed by atoms with Crippen LogP contribution in [0.2, 0.25) is 0 Å². The molecule has 1 aliphatic heterocycles. The normalized spacial score (nSPS) is 18.6. The summed E-state index contributed by atoms with van der Waals surface area (Å²) in [6, 6.07) is 6.31. The van der Waals surface area contributed by atoms with Crippen molar-refractivity contribution < 1.29 is 9.47 Å². The second-order valence-electron chi connectivity index (χ2n) is 4.99. The Morgan fingerprint density at radius 3 is 2.95 bits per heavy atom. The van der Waals surface area contributed by atoms with Gasteiger partial charge in [-0.2, -0.15) is 0 Å². The molecule has 20 heavy (non-hydrogen) atoms. The van der Waals surface area contributed by atoms with E-state index in [2.05, 4.69) is 55.4 Å². The Morgan fingerprint density at radius 1 is 1.30 bits per heavy atom. The molecule has 1 N–H and O–H groups in total. The van der Waals surface area contributed by atoms with Crippen LogP contribution in [-0.4, -0.2) is 32.5 Å². The fourth-order valence-electron chi connectivity index (χ4n) is 2.17. The van der Waals surface area contributed by atoms with Crippen molar-refractivity contribution in [2.24, 2.45) is 0 Å². The average molecular weight is 407 g/mol. The maximum Gasteiger partial charge on any atom is 0.0809 e. The lowest BCUT2D eigenvalue weighted by Gasteiger charge is -2.10. The first-order valence-electron chi connectivity index (χ1n) is 7.09. The van der Waals surface area contributed by atoms with Crippen LogP contribution < -0.4 is 5.32 Å². The monoisotopic (exact) mass is 405 g/mol. The summed E-state index contributed by atoms with van der Waals surface area (Å²) in [4.78, 5) is 0. The highest BCUT2D eigenvalue weighted by molar-refractivity contribution is 9.13. The van der Waals surface area contributed by atoms with Crippen molar-refractivity contribution in [1.82, 2.24) is 5.32 Å². The minimum atomic E-state index is 0.336. The van der Waals surface area contributed by atoms with E-state index >= 15 is 0 Å². The molecule has 112 valence electrons. The van der Waals surface area contributed by atoms with Gasteiger partial charge in [0.05, 0.1) is 12.7 Å². The van der Waals surface area contributed by atoms with E-state index in [0.29, 0.717) is 6.10 Å². The molecule has 5 heteroatoms. The summed E-state index contributed by atoms with van der Waals surface area (Å²) in [5.41, 5.74) is 1.28. The minimum absolute atomic E-state index is 0.336. The molecule has 1 aliphatic rings. The minimum Gasteiger partial charge on any atom is -0.379 e. The second-order valence-corrected chi connectivity index (χ2v) is 6.70. The largest absolute Gasteiger partial charge is 0.379 e. The van der Waals surface area contributed by atoms with Gasteiger partial charge in [-0.3, -0.25) is 0 Å². The smallest absolute Gasteiger partial charge is 0.0809 e. The molecule has 0 aliphatic carbocycles. The number of rotatable bonds is 8. The average Bonchev–Trinajstić information content (AvgIpc) is 2.95. The van der Waals surface area contributed by atoms with Crippen LogP contribution in [0.5, 0.6) is 0 Å². The molecule has 0 bridgehead atoms. The summed E-state index contributed by atoms with van der Waals surface area (Å²) in [5, 5.41) is 3.43. The molecule has 1 saturated heterocycles. The van der Waals surface area contributed by atoms with Crippen molar-refractivity contribution >= 4 is 31.9 Å².